The van der Waals surface area contributed by atoms with Gasteiger partial charge in [-0.3, -0.25) is 4.98 Å². The van der Waals surface area contributed by atoms with Crippen molar-refractivity contribution < 1.29 is 14.3 Å². The summed E-state index contributed by atoms with van der Waals surface area (Å²) in [5.74, 6) is -0.202. The number of aromatic nitrogens is 1. The molecule has 4 rings (SSSR count). The Morgan fingerprint density at radius 3 is 2.27 bits per heavy atom. The number of carboxylic acid groups (broad SMARTS) is 1. The summed E-state index contributed by atoms with van der Waals surface area (Å²) in [4.78, 5) is 16.2. The van der Waals surface area contributed by atoms with Crippen LogP contribution in [0.15, 0.2) is 59.0 Å². The van der Waals surface area contributed by atoms with Gasteiger partial charge in [0.05, 0.1) is 5.52 Å². The van der Waals surface area contributed by atoms with E-state index in [1.807, 2.05) is 18.2 Å². The van der Waals surface area contributed by atoms with Crippen molar-refractivity contribution in [1.29, 1.82) is 0 Å². The number of pyridine rings is 1. The first-order chi connectivity index (χ1) is 14.9. The third kappa shape index (κ3) is 5.38. The number of nitrogens with zero attached hydrogens (tertiary/aromatic N) is 1. The lowest BCUT2D eigenvalue weighted by atomic mass is 9.90. The Morgan fingerprint density at radius 1 is 1.03 bits per heavy atom. The Balaban J connectivity index is 0.00000193. The van der Waals surface area contributed by atoms with Gasteiger partial charge in [-0.05, 0) is 66.3 Å². The molecule has 0 aliphatic carbocycles. The molecule has 0 unspecified atom stereocenters. The molecule has 3 N–H and O–H groups in total. The Kier molecular flexibility index (Phi) is 8.67. The van der Waals surface area contributed by atoms with E-state index in [1.165, 1.54) is 11.6 Å². The highest BCUT2D eigenvalue weighted by Crippen LogP contribution is 2.36. The van der Waals surface area contributed by atoms with Crippen molar-refractivity contribution in [2.24, 2.45) is 11.7 Å². The normalized spacial score (nSPS) is 10.7. The molecule has 2 aromatic heterocycles. The predicted molar refractivity (Wildman–Crippen MR) is 138 cm³/mol. The maximum absolute atomic E-state index is 11.2. The predicted octanol–water partition coefficient (Wildman–Crippen LogP) is 6.67. The molecule has 0 saturated carbocycles. The zero-order valence-electron chi connectivity index (χ0n) is 18.8. The minimum atomic E-state index is -1.09. The van der Waals surface area contributed by atoms with Crippen LogP contribution < -0.4 is 5.73 Å². The van der Waals surface area contributed by atoms with Gasteiger partial charge in [0.1, 0.15) is 5.76 Å². The summed E-state index contributed by atoms with van der Waals surface area (Å²) in [7, 11) is 0. The lowest BCUT2D eigenvalue weighted by Crippen LogP contribution is -2.10. The monoisotopic (exact) mass is 486 g/mol. The first kappa shape index (κ1) is 26.4. The molecule has 0 bridgehead atoms. The van der Waals surface area contributed by atoms with Crippen LogP contribution in [0.3, 0.4) is 0 Å². The van der Waals surface area contributed by atoms with Crippen LogP contribution in [0.4, 0.5) is 0 Å². The number of rotatable bonds is 6. The maximum atomic E-state index is 11.2. The lowest BCUT2D eigenvalue weighted by Gasteiger charge is -2.18. The molecule has 0 spiro atoms. The molecule has 4 aromatic rings. The van der Waals surface area contributed by atoms with Crippen molar-refractivity contribution in [3.63, 3.8) is 0 Å². The molecular formula is C26H28Cl2N2O3. The van der Waals surface area contributed by atoms with Crippen LogP contribution in [-0.2, 0) is 13.0 Å². The van der Waals surface area contributed by atoms with E-state index in [1.54, 1.807) is 6.07 Å². The van der Waals surface area contributed by atoms with Crippen LogP contribution in [0.1, 0.15) is 41.2 Å². The standard InChI is InChI=1S/C26H26N2O3.2ClH/c1-15(2)12-22-20(14-27)25(17-6-4-16(3)5-7-17)19-13-18(8-9-21(19)28-22)23-10-11-24(31-23)26(29)30;;/h4-11,13,15H,12,14,27H2,1-3H3,(H,29,30);2*1H. The van der Waals surface area contributed by atoms with E-state index in [0.717, 1.165) is 45.3 Å². The molecule has 0 aliphatic rings. The minimum Gasteiger partial charge on any atom is -0.475 e. The van der Waals surface area contributed by atoms with Gasteiger partial charge < -0.3 is 15.3 Å². The van der Waals surface area contributed by atoms with E-state index in [4.69, 9.17) is 15.1 Å². The molecule has 33 heavy (non-hydrogen) atoms. The van der Waals surface area contributed by atoms with Crippen LogP contribution in [0.5, 0.6) is 0 Å². The average Bonchev–Trinajstić information content (AvgIpc) is 3.23. The van der Waals surface area contributed by atoms with Crippen molar-refractivity contribution in [3.05, 3.63) is 77.2 Å². The van der Waals surface area contributed by atoms with Gasteiger partial charge in [0.2, 0.25) is 5.76 Å². The molecule has 0 radical (unpaired) electrons. The van der Waals surface area contributed by atoms with Gasteiger partial charge in [-0.25, -0.2) is 4.79 Å². The van der Waals surface area contributed by atoms with Crippen LogP contribution in [0.25, 0.3) is 33.4 Å². The van der Waals surface area contributed by atoms with E-state index in [0.29, 0.717) is 18.2 Å². The number of aromatic carboxylic acids is 1. The van der Waals surface area contributed by atoms with Crippen LogP contribution in [0.2, 0.25) is 0 Å². The first-order valence-corrected chi connectivity index (χ1v) is 10.4. The van der Waals surface area contributed by atoms with Gasteiger partial charge in [0.15, 0.2) is 0 Å². The zero-order valence-corrected chi connectivity index (χ0v) is 20.4. The summed E-state index contributed by atoms with van der Waals surface area (Å²) >= 11 is 0. The number of benzene rings is 2. The minimum absolute atomic E-state index is 0. The van der Waals surface area contributed by atoms with Crippen LogP contribution in [0, 0.1) is 12.8 Å². The summed E-state index contributed by atoms with van der Waals surface area (Å²) < 4.78 is 5.53. The zero-order chi connectivity index (χ0) is 22.1. The number of nitrogens with two attached hydrogens (primary N) is 1. The molecular weight excluding hydrogens is 459 g/mol. The van der Waals surface area contributed by atoms with Gasteiger partial charge >= 0.3 is 5.97 Å². The fourth-order valence-corrected chi connectivity index (χ4v) is 3.94. The third-order valence-corrected chi connectivity index (χ3v) is 5.42. The third-order valence-electron chi connectivity index (χ3n) is 5.42. The number of fused-ring (bicyclic) bond motifs is 1. The number of aryl methyl sites for hydroxylation is 1. The van der Waals surface area contributed by atoms with Crippen molar-refractivity contribution in [2.75, 3.05) is 0 Å². The fraction of sp³-hybridized carbons (Fsp3) is 0.231. The fourth-order valence-electron chi connectivity index (χ4n) is 3.94. The van der Waals surface area contributed by atoms with Crippen molar-refractivity contribution >= 4 is 41.7 Å². The van der Waals surface area contributed by atoms with Gasteiger partial charge in [0, 0.05) is 23.2 Å². The van der Waals surface area contributed by atoms with E-state index in [-0.39, 0.29) is 30.6 Å². The summed E-state index contributed by atoms with van der Waals surface area (Å²) in [6, 6.07) is 17.5. The largest absolute Gasteiger partial charge is 0.475 e. The van der Waals surface area contributed by atoms with Crippen molar-refractivity contribution in [1.82, 2.24) is 4.98 Å². The molecule has 0 saturated heterocycles. The molecule has 5 nitrogen and oxygen atoms in total. The van der Waals surface area contributed by atoms with E-state index in [9.17, 15) is 9.90 Å². The molecule has 0 atom stereocenters. The Morgan fingerprint density at radius 2 is 1.70 bits per heavy atom. The number of carbonyl (C=O) groups is 1. The topological polar surface area (TPSA) is 89.3 Å². The molecule has 0 amide bonds. The average molecular weight is 487 g/mol. The number of hydrogen-bond donors (Lipinski definition) is 2. The summed E-state index contributed by atoms with van der Waals surface area (Å²) in [5, 5.41) is 10.2. The highest BCUT2D eigenvalue weighted by molar-refractivity contribution is 5.99. The molecule has 2 aromatic carbocycles. The number of furan rings is 1. The quantitative estimate of drug-likeness (QED) is 0.317. The molecule has 2 heterocycles. The summed E-state index contributed by atoms with van der Waals surface area (Å²) in [6.45, 7) is 6.81. The second kappa shape index (κ2) is 10.8. The summed E-state index contributed by atoms with van der Waals surface area (Å²) in [5.41, 5.74) is 13.4. The number of carboxylic acids is 1. The van der Waals surface area contributed by atoms with Gasteiger partial charge in [-0.1, -0.05) is 43.7 Å². The van der Waals surface area contributed by atoms with E-state index < -0.39 is 5.97 Å². The Hall–Kier alpha value is -2.86. The Bertz CT molecular complexity index is 1260. The van der Waals surface area contributed by atoms with Gasteiger partial charge in [0.25, 0.3) is 0 Å². The smallest absolute Gasteiger partial charge is 0.371 e. The van der Waals surface area contributed by atoms with Crippen LogP contribution in [-0.4, -0.2) is 16.1 Å². The Labute approximate surface area is 205 Å². The highest BCUT2D eigenvalue weighted by atomic mass is 35.5. The van der Waals surface area contributed by atoms with E-state index in [2.05, 4.69) is 45.0 Å². The molecule has 0 fully saturated rings. The number of hydrogen-bond acceptors (Lipinski definition) is 4. The van der Waals surface area contributed by atoms with Crippen molar-refractivity contribution in [3.8, 4) is 22.5 Å². The first-order valence-electron chi connectivity index (χ1n) is 10.4. The summed E-state index contributed by atoms with van der Waals surface area (Å²) in [6.07, 6.45) is 0.850. The highest BCUT2D eigenvalue weighted by Gasteiger charge is 2.18. The molecule has 7 heteroatoms. The van der Waals surface area contributed by atoms with E-state index >= 15 is 0 Å². The van der Waals surface area contributed by atoms with Crippen LogP contribution >= 0.6 is 24.8 Å². The second-order valence-corrected chi connectivity index (χ2v) is 8.28. The second-order valence-electron chi connectivity index (χ2n) is 8.28. The van der Waals surface area contributed by atoms with Gasteiger partial charge in [-0.2, -0.15) is 0 Å². The molecule has 0 aliphatic heterocycles. The number of halogens is 2. The lowest BCUT2D eigenvalue weighted by molar-refractivity contribution is 0.0663. The van der Waals surface area contributed by atoms with Gasteiger partial charge in [-0.15, -0.1) is 24.8 Å². The SMILES string of the molecule is Cc1ccc(-c2c(CN)c(CC(C)C)nc3ccc(-c4ccc(C(=O)O)o4)cc23)cc1.Cl.Cl. The molecule has 174 valence electrons. The van der Waals surface area contributed by atoms with Crippen molar-refractivity contribution in [2.45, 2.75) is 33.7 Å². The maximum Gasteiger partial charge on any atom is 0.371 e.